The SMILES string of the molecule is COc1nn(C)cc1C(=O)N[S@@]1(=O)=NC(=O)c2ccc3c(c2)N(C[C@@H]2CC[C@H]2[C@H]2OC(O)C[C@@H]2CC[C@H](C)C1)C[C@@]1(CCCc2cc(Cl)ccc21)CC3. The van der Waals surface area contributed by atoms with E-state index in [1.807, 2.05) is 25.1 Å². The summed E-state index contributed by atoms with van der Waals surface area (Å²) in [5, 5.41) is 15.7. The predicted octanol–water partition coefficient (Wildman–Crippen LogP) is 6.24. The predicted molar refractivity (Wildman–Crippen MR) is 204 cm³/mol. The first-order valence-electron chi connectivity index (χ1n) is 19.1. The molecule has 2 bridgehead atoms. The third-order valence-corrected chi connectivity index (χ3v) is 14.9. The van der Waals surface area contributed by atoms with Gasteiger partial charge in [-0.1, -0.05) is 30.7 Å². The number of aromatic nitrogens is 2. The number of aliphatic hydroxyl groups is 1. The van der Waals surface area contributed by atoms with Crippen LogP contribution in [0.3, 0.4) is 0 Å². The van der Waals surface area contributed by atoms with Gasteiger partial charge < -0.3 is 19.5 Å². The van der Waals surface area contributed by atoms with Crippen molar-refractivity contribution in [2.75, 3.05) is 30.9 Å². The Morgan fingerprint density at radius 3 is 2.72 bits per heavy atom. The van der Waals surface area contributed by atoms with Gasteiger partial charge in [0.15, 0.2) is 6.29 Å². The number of ether oxygens (including phenoxy) is 2. The highest BCUT2D eigenvalue weighted by atomic mass is 35.5. The highest BCUT2D eigenvalue weighted by Crippen LogP contribution is 2.50. The quantitative estimate of drug-likeness (QED) is 0.320. The van der Waals surface area contributed by atoms with Crippen LogP contribution in [0.5, 0.6) is 5.88 Å². The number of hydrogen-bond acceptors (Lipinski definition) is 8. The van der Waals surface area contributed by atoms with Gasteiger partial charge in [-0.25, -0.2) is 4.21 Å². The number of nitrogens with zero attached hydrogens (tertiary/aromatic N) is 4. The van der Waals surface area contributed by atoms with Crippen molar-refractivity contribution in [2.45, 2.75) is 88.9 Å². The maximum Gasteiger partial charge on any atom is 0.286 e. The zero-order valence-corrected chi connectivity index (χ0v) is 32.3. The number of benzene rings is 2. The van der Waals surface area contributed by atoms with Gasteiger partial charge in [-0.15, -0.1) is 9.46 Å². The Bertz CT molecular complexity index is 2040. The molecule has 5 aliphatic rings. The van der Waals surface area contributed by atoms with E-state index in [0.717, 1.165) is 75.2 Å². The molecule has 53 heavy (non-hydrogen) atoms. The van der Waals surface area contributed by atoms with Crippen LogP contribution in [0, 0.1) is 23.7 Å². The largest absolute Gasteiger partial charge is 0.479 e. The van der Waals surface area contributed by atoms with Crippen molar-refractivity contribution in [1.82, 2.24) is 14.5 Å². The minimum Gasteiger partial charge on any atom is -0.479 e. The molecule has 1 spiro atoms. The summed E-state index contributed by atoms with van der Waals surface area (Å²) in [4.78, 5) is 30.2. The first-order chi connectivity index (χ1) is 25.4. The van der Waals surface area contributed by atoms with Gasteiger partial charge in [-0.2, -0.15) is 0 Å². The Hall–Kier alpha value is -3.45. The number of methoxy groups -OCH3 is 1. The van der Waals surface area contributed by atoms with E-state index >= 15 is 0 Å². The Morgan fingerprint density at radius 2 is 1.92 bits per heavy atom. The zero-order chi connectivity index (χ0) is 37.1. The van der Waals surface area contributed by atoms with Gasteiger partial charge in [0.05, 0.1) is 19.0 Å². The molecule has 1 saturated carbocycles. The van der Waals surface area contributed by atoms with E-state index in [9.17, 15) is 18.9 Å². The number of halogens is 1. The van der Waals surface area contributed by atoms with Gasteiger partial charge in [0.25, 0.3) is 11.8 Å². The van der Waals surface area contributed by atoms with Crippen LogP contribution in [0.15, 0.2) is 47.0 Å². The number of hydrogen-bond donors (Lipinski definition) is 2. The normalized spacial score (nSPS) is 32.8. The number of aliphatic hydroxyl groups excluding tert-OH is 1. The second kappa shape index (κ2) is 14.3. The van der Waals surface area contributed by atoms with E-state index in [-0.39, 0.29) is 40.6 Å². The van der Waals surface area contributed by atoms with Crippen LogP contribution in [0.2, 0.25) is 5.02 Å². The molecule has 2 fully saturated rings. The molecule has 3 aliphatic heterocycles. The topological polar surface area (TPSA) is 135 Å². The van der Waals surface area contributed by atoms with Crippen LogP contribution in [-0.2, 0) is 40.0 Å². The molecule has 2 N–H and O–H groups in total. The molecule has 11 nitrogen and oxygen atoms in total. The van der Waals surface area contributed by atoms with Crippen LogP contribution >= 0.6 is 11.6 Å². The molecule has 13 heteroatoms. The average Bonchev–Trinajstić information content (AvgIpc) is 3.63. The molecule has 284 valence electrons. The first kappa shape index (κ1) is 36.5. The van der Waals surface area contributed by atoms with Crippen molar-refractivity contribution >= 4 is 39.0 Å². The summed E-state index contributed by atoms with van der Waals surface area (Å²) in [6.45, 7) is 3.60. The highest BCUT2D eigenvalue weighted by molar-refractivity contribution is 7.92. The van der Waals surface area contributed by atoms with Crippen molar-refractivity contribution < 1.29 is 28.4 Å². The van der Waals surface area contributed by atoms with Gasteiger partial charge >= 0.3 is 0 Å². The fraction of sp³-hybridized carbons (Fsp3) is 0.575. The number of anilines is 1. The molecule has 2 amide bonds. The fourth-order valence-corrected chi connectivity index (χ4v) is 12.1. The van der Waals surface area contributed by atoms with Crippen LogP contribution in [0.1, 0.15) is 95.7 Å². The lowest BCUT2D eigenvalue weighted by Crippen LogP contribution is -2.49. The van der Waals surface area contributed by atoms with Crippen LogP contribution in [-0.4, -0.2) is 69.3 Å². The van der Waals surface area contributed by atoms with Crippen molar-refractivity contribution in [3.63, 3.8) is 0 Å². The Morgan fingerprint density at radius 1 is 1.09 bits per heavy atom. The number of nitrogens with one attached hydrogen (secondary N) is 1. The first-order valence-corrected chi connectivity index (χ1v) is 21.2. The maximum absolute atomic E-state index is 14.7. The summed E-state index contributed by atoms with van der Waals surface area (Å²) in [7, 11) is -0.516. The molecular weight excluding hydrogens is 714 g/mol. The van der Waals surface area contributed by atoms with Gasteiger partial charge in [-0.3, -0.25) is 19.0 Å². The summed E-state index contributed by atoms with van der Waals surface area (Å²) in [6, 6.07) is 12.1. The summed E-state index contributed by atoms with van der Waals surface area (Å²) < 4.78 is 34.7. The minimum atomic E-state index is -3.59. The Kier molecular flexibility index (Phi) is 9.87. The van der Waals surface area contributed by atoms with Crippen molar-refractivity contribution in [3.8, 4) is 5.88 Å². The minimum absolute atomic E-state index is 0.0110. The molecule has 1 aromatic heterocycles. The smallest absolute Gasteiger partial charge is 0.286 e. The number of carbonyl (C=O) groups excluding carboxylic acids is 2. The summed E-state index contributed by atoms with van der Waals surface area (Å²) in [6.07, 6.45) is 9.80. The number of carbonyl (C=O) groups is 2. The summed E-state index contributed by atoms with van der Waals surface area (Å²) >= 11 is 6.50. The summed E-state index contributed by atoms with van der Waals surface area (Å²) in [5.74, 6) is -0.506. The Labute approximate surface area is 317 Å². The molecule has 8 rings (SSSR count). The van der Waals surface area contributed by atoms with Crippen LogP contribution in [0.25, 0.3) is 0 Å². The van der Waals surface area contributed by atoms with E-state index in [1.165, 1.54) is 34.7 Å². The zero-order valence-electron chi connectivity index (χ0n) is 30.8. The molecule has 2 aromatic carbocycles. The van der Waals surface area contributed by atoms with Gasteiger partial charge in [0.2, 0.25) is 5.88 Å². The van der Waals surface area contributed by atoms with Gasteiger partial charge in [-0.05, 0) is 122 Å². The summed E-state index contributed by atoms with van der Waals surface area (Å²) in [5.41, 5.74) is 5.26. The van der Waals surface area contributed by atoms with E-state index in [0.29, 0.717) is 30.2 Å². The molecule has 1 unspecified atom stereocenters. The fourth-order valence-electron chi connectivity index (χ4n) is 9.97. The third kappa shape index (κ3) is 7.12. The lowest BCUT2D eigenvalue weighted by Gasteiger charge is -2.47. The number of aryl methyl sites for hydroxylation is 3. The lowest BCUT2D eigenvalue weighted by molar-refractivity contribution is -0.128. The standard InChI is InChI=1S/C40H50ClN5O6S/c1-24-6-7-27-19-35(47)52-36(27)31-12-10-29(31)20-46-23-40(15-4-5-26-17-30(41)11-13-33(26)40)16-14-25-8-9-28(18-34(25)46)37(48)43-53(50,22-24)44-38(49)32-21-45(2)42-39(32)51-3/h8-9,11,13,17-18,21,24,27,29,31,35-36,47H,4-7,10,12,14-16,19-20,22-23H2,1-3H3,(H,43,44,48,49,50)/t24-,27-,29-,31+,35?,36-,40+,53-/m0/s1. The molecule has 4 heterocycles. The second-order valence-electron chi connectivity index (χ2n) is 16.3. The molecule has 8 atom stereocenters. The number of rotatable bonds is 3. The van der Waals surface area contributed by atoms with Crippen LogP contribution in [0.4, 0.5) is 5.69 Å². The third-order valence-electron chi connectivity index (χ3n) is 12.7. The maximum atomic E-state index is 14.7. The van der Waals surface area contributed by atoms with E-state index < -0.39 is 28.0 Å². The molecule has 0 radical (unpaired) electrons. The number of amides is 2. The van der Waals surface area contributed by atoms with Crippen molar-refractivity contribution in [1.29, 1.82) is 0 Å². The monoisotopic (exact) mass is 763 g/mol. The Balaban J connectivity index is 1.21. The van der Waals surface area contributed by atoms with Crippen molar-refractivity contribution in [2.24, 2.45) is 35.1 Å². The van der Waals surface area contributed by atoms with Gasteiger partial charge in [0, 0.05) is 54.4 Å². The van der Waals surface area contributed by atoms with E-state index in [2.05, 4.69) is 31.2 Å². The second-order valence-corrected chi connectivity index (χ2v) is 18.7. The van der Waals surface area contributed by atoms with Gasteiger partial charge in [0.1, 0.15) is 15.5 Å². The lowest BCUT2D eigenvalue weighted by atomic mass is 9.66. The molecule has 2 aliphatic carbocycles. The van der Waals surface area contributed by atoms with E-state index in [4.69, 9.17) is 21.1 Å². The van der Waals surface area contributed by atoms with E-state index in [1.54, 1.807) is 13.1 Å². The molecular formula is C40H50ClN5O6S. The number of fused-ring (bicyclic) bond motifs is 6. The van der Waals surface area contributed by atoms with Crippen molar-refractivity contribution in [3.05, 3.63) is 75.4 Å². The molecule has 1 saturated heterocycles. The average molecular weight is 764 g/mol. The molecule has 3 aromatic rings. The highest BCUT2D eigenvalue weighted by Gasteiger charge is 2.48. The van der Waals surface area contributed by atoms with Crippen LogP contribution < -0.4 is 14.4 Å².